The number of aromatic carboxylic acids is 1. The Bertz CT molecular complexity index is 806. The summed E-state index contributed by atoms with van der Waals surface area (Å²) in [5, 5.41) is 9.34. The van der Waals surface area contributed by atoms with E-state index < -0.39 is 5.97 Å². The van der Waals surface area contributed by atoms with Gasteiger partial charge in [-0.25, -0.2) is 4.79 Å². The molecule has 136 valence electrons. The number of hydrogen-bond donors (Lipinski definition) is 2. The SMILES string of the molecule is CC1(C(N)=O)CCN(Cc2ccc(-c3ccccc3C(=O)O)cc2)CC1. The summed E-state index contributed by atoms with van der Waals surface area (Å²) in [5.74, 6) is -1.13. The topological polar surface area (TPSA) is 83.6 Å². The third kappa shape index (κ3) is 3.78. The standard InChI is InChI=1S/C21H24N2O3/c1-21(20(22)26)10-12-23(13-11-21)14-15-6-8-16(9-7-15)17-4-2-3-5-18(17)19(24)25/h2-9H,10-14H2,1H3,(H2,22,26)(H,24,25). The average Bonchev–Trinajstić information content (AvgIpc) is 2.64. The predicted molar refractivity (Wildman–Crippen MR) is 101 cm³/mol. The fourth-order valence-electron chi connectivity index (χ4n) is 3.42. The summed E-state index contributed by atoms with van der Waals surface area (Å²) in [6, 6.07) is 15.0. The molecule has 5 nitrogen and oxygen atoms in total. The first kappa shape index (κ1) is 18.1. The van der Waals surface area contributed by atoms with Crippen LogP contribution in [0.15, 0.2) is 48.5 Å². The van der Waals surface area contributed by atoms with E-state index in [9.17, 15) is 14.7 Å². The maximum absolute atomic E-state index is 11.6. The van der Waals surface area contributed by atoms with E-state index in [-0.39, 0.29) is 11.3 Å². The average molecular weight is 352 g/mol. The van der Waals surface area contributed by atoms with Gasteiger partial charge in [0.25, 0.3) is 0 Å². The third-order valence-electron chi connectivity index (χ3n) is 5.38. The zero-order chi connectivity index (χ0) is 18.7. The van der Waals surface area contributed by atoms with Crippen LogP contribution in [-0.2, 0) is 11.3 Å². The molecule has 0 atom stereocenters. The van der Waals surface area contributed by atoms with Gasteiger partial charge in [0.2, 0.25) is 5.91 Å². The van der Waals surface area contributed by atoms with E-state index in [0.29, 0.717) is 5.56 Å². The van der Waals surface area contributed by atoms with E-state index in [4.69, 9.17) is 5.73 Å². The van der Waals surface area contributed by atoms with Gasteiger partial charge in [-0.2, -0.15) is 0 Å². The van der Waals surface area contributed by atoms with Gasteiger partial charge in [-0.05, 0) is 48.7 Å². The molecule has 0 spiro atoms. The van der Waals surface area contributed by atoms with Crippen LogP contribution in [0.1, 0.15) is 35.7 Å². The fraction of sp³-hybridized carbons (Fsp3) is 0.333. The quantitative estimate of drug-likeness (QED) is 0.866. The zero-order valence-electron chi connectivity index (χ0n) is 14.9. The van der Waals surface area contributed by atoms with E-state index in [1.54, 1.807) is 12.1 Å². The van der Waals surface area contributed by atoms with Crippen LogP contribution in [0.25, 0.3) is 11.1 Å². The van der Waals surface area contributed by atoms with Crippen molar-refractivity contribution >= 4 is 11.9 Å². The lowest BCUT2D eigenvalue weighted by atomic mass is 9.80. The minimum absolute atomic E-state index is 0.210. The van der Waals surface area contributed by atoms with Crippen LogP contribution in [0.5, 0.6) is 0 Å². The molecular formula is C21H24N2O3. The van der Waals surface area contributed by atoms with E-state index >= 15 is 0 Å². The third-order valence-corrected chi connectivity index (χ3v) is 5.38. The van der Waals surface area contributed by atoms with Gasteiger partial charge in [0.05, 0.1) is 5.56 Å². The first-order valence-electron chi connectivity index (χ1n) is 8.83. The maximum Gasteiger partial charge on any atom is 0.336 e. The Morgan fingerprint density at radius 3 is 2.27 bits per heavy atom. The van der Waals surface area contributed by atoms with E-state index in [0.717, 1.165) is 43.6 Å². The molecule has 26 heavy (non-hydrogen) atoms. The Hall–Kier alpha value is -2.66. The van der Waals surface area contributed by atoms with Crippen LogP contribution in [0.2, 0.25) is 0 Å². The van der Waals surface area contributed by atoms with Crippen LogP contribution in [0.3, 0.4) is 0 Å². The molecule has 1 heterocycles. The highest BCUT2D eigenvalue weighted by molar-refractivity contribution is 5.95. The highest BCUT2D eigenvalue weighted by Gasteiger charge is 2.34. The van der Waals surface area contributed by atoms with Gasteiger partial charge in [0, 0.05) is 12.0 Å². The molecule has 1 amide bonds. The summed E-state index contributed by atoms with van der Waals surface area (Å²) in [4.78, 5) is 25.3. The molecule has 0 aromatic heterocycles. The Balaban J connectivity index is 1.68. The first-order chi connectivity index (χ1) is 12.4. The van der Waals surface area contributed by atoms with Crippen LogP contribution in [0, 0.1) is 5.41 Å². The summed E-state index contributed by atoms with van der Waals surface area (Å²) >= 11 is 0. The van der Waals surface area contributed by atoms with Crippen LogP contribution >= 0.6 is 0 Å². The molecule has 0 saturated carbocycles. The Morgan fingerprint density at radius 2 is 1.69 bits per heavy atom. The number of likely N-dealkylation sites (tertiary alicyclic amines) is 1. The molecule has 3 N–H and O–H groups in total. The van der Waals surface area contributed by atoms with Crippen molar-refractivity contribution in [1.82, 2.24) is 4.90 Å². The van der Waals surface area contributed by atoms with Crippen LogP contribution in [0.4, 0.5) is 0 Å². The number of primary amides is 1. The van der Waals surface area contributed by atoms with Crippen molar-refractivity contribution in [2.75, 3.05) is 13.1 Å². The van der Waals surface area contributed by atoms with Gasteiger partial charge in [0.15, 0.2) is 0 Å². The predicted octanol–water partition coefficient (Wildman–Crippen LogP) is 3.14. The van der Waals surface area contributed by atoms with Crippen molar-refractivity contribution in [3.05, 3.63) is 59.7 Å². The smallest absolute Gasteiger partial charge is 0.336 e. The lowest BCUT2D eigenvalue weighted by Gasteiger charge is -2.37. The fourth-order valence-corrected chi connectivity index (χ4v) is 3.42. The molecule has 0 aliphatic carbocycles. The minimum atomic E-state index is -0.921. The lowest BCUT2D eigenvalue weighted by molar-refractivity contribution is -0.129. The van der Waals surface area contributed by atoms with Crippen LogP contribution in [-0.4, -0.2) is 35.0 Å². The molecule has 2 aromatic rings. The van der Waals surface area contributed by atoms with Gasteiger partial charge in [0.1, 0.15) is 0 Å². The maximum atomic E-state index is 11.6. The Kier molecular flexibility index (Phi) is 5.09. The summed E-state index contributed by atoms with van der Waals surface area (Å²) < 4.78 is 0. The van der Waals surface area contributed by atoms with Gasteiger partial charge < -0.3 is 10.8 Å². The van der Waals surface area contributed by atoms with E-state index in [1.807, 2.05) is 43.3 Å². The molecule has 1 fully saturated rings. The van der Waals surface area contributed by atoms with Gasteiger partial charge in [-0.3, -0.25) is 9.69 Å². The number of benzene rings is 2. The molecule has 0 bridgehead atoms. The molecule has 1 saturated heterocycles. The van der Waals surface area contributed by atoms with Crippen molar-refractivity contribution in [2.45, 2.75) is 26.3 Å². The number of amides is 1. The number of carboxylic acids is 1. The molecule has 5 heteroatoms. The number of rotatable bonds is 5. The van der Waals surface area contributed by atoms with E-state index in [2.05, 4.69) is 4.90 Å². The summed E-state index contributed by atoms with van der Waals surface area (Å²) in [5.41, 5.74) is 8.21. The van der Waals surface area contributed by atoms with Crippen LogP contribution < -0.4 is 5.73 Å². The van der Waals surface area contributed by atoms with Crippen molar-refractivity contribution < 1.29 is 14.7 Å². The molecule has 0 unspecified atom stereocenters. The van der Waals surface area contributed by atoms with E-state index in [1.165, 1.54) is 5.56 Å². The molecule has 2 aromatic carbocycles. The lowest BCUT2D eigenvalue weighted by Crippen LogP contribution is -2.45. The summed E-state index contributed by atoms with van der Waals surface area (Å²) in [6.07, 6.45) is 1.57. The normalized spacial score (nSPS) is 17.0. The zero-order valence-corrected chi connectivity index (χ0v) is 14.9. The Labute approximate surface area is 153 Å². The van der Waals surface area contributed by atoms with Crippen molar-refractivity contribution in [3.63, 3.8) is 0 Å². The second-order valence-corrected chi connectivity index (χ2v) is 7.25. The minimum Gasteiger partial charge on any atom is -0.478 e. The molecule has 1 aliphatic heterocycles. The Morgan fingerprint density at radius 1 is 1.08 bits per heavy atom. The first-order valence-corrected chi connectivity index (χ1v) is 8.83. The van der Waals surface area contributed by atoms with Gasteiger partial charge in [-0.15, -0.1) is 0 Å². The number of carbonyl (C=O) groups excluding carboxylic acids is 1. The second-order valence-electron chi connectivity index (χ2n) is 7.25. The largest absolute Gasteiger partial charge is 0.478 e. The summed E-state index contributed by atoms with van der Waals surface area (Å²) in [7, 11) is 0. The molecule has 0 radical (unpaired) electrons. The number of piperidine rings is 1. The number of nitrogens with zero attached hydrogens (tertiary/aromatic N) is 1. The number of carbonyl (C=O) groups is 2. The number of carboxylic acid groups (broad SMARTS) is 1. The van der Waals surface area contributed by atoms with Crippen molar-refractivity contribution in [1.29, 1.82) is 0 Å². The van der Waals surface area contributed by atoms with Gasteiger partial charge >= 0.3 is 5.97 Å². The molecule has 3 rings (SSSR count). The highest BCUT2D eigenvalue weighted by atomic mass is 16.4. The molecular weight excluding hydrogens is 328 g/mol. The van der Waals surface area contributed by atoms with Crippen molar-refractivity contribution in [3.8, 4) is 11.1 Å². The summed E-state index contributed by atoms with van der Waals surface area (Å²) in [6.45, 7) is 4.46. The van der Waals surface area contributed by atoms with Crippen molar-refractivity contribution in [2.24, 2.45) is 11.1 Å². The number of hydrogen-bond acceptors (Lipinski definition) is 3. The molecule has 1 aliphatic rings. The van der Waals surface area contributed by atoms with Gasteiger partial charge in [-0.1, -0.05) is 49.4 Å². The second kappa shape index (κ2) is 7.30. The number of nitrogens with two attached hydrogens (primary N) is 1. The highest BCUT2D eigenvalue weighted by Crippen LogP contribution is 2.31. The monoisotopic (exact) mass is 352 g/mol.